The summed E-state index contributed by atoms with van der Waals surface area (Å²) in [6, 6.07) is 19.8. The number of carbonyl (C=O) groups is 3. The summed E-state index contributed by atoms with van der Waals surface area (Å²) in [6.07, 6.45) is 1.58. The van der Waals surface area contributed by atoms with Crippen molar-refractivity contribution in [3.8, 4) is 5.75 Å². The van der Waals surface area contributed by atoms with Crippen LogP contribution in [0.4, 0.5) is 14.9 Å². The van der Waals surface area contributed by atoms with Crippen molar-refractivity contribution in [2.75, 3.05) is 11.9 Å². The average molecular weight is 497 g/mol. The molecule has 0 saturated carbocycles. The third kappa shape index (κ3) is 5.84. The van der Waals surface area contributed by atoms with E-state index >= 15 is 0 Å². The maximum absolute atomic E-state index is 13.3. The lowest BCUT2D eigenvalue weighted by molar-refractivity contribution is -0.127. The molecule has 1 saturated heterocycles. The van der Waals surface area contributed by atoms with E-state index in [-0.39, 0.29) is 10.6 Å². The Balaban J connectivity index is 1.36. The highest BCUT2D eigenvalue weighted by Crippen LogP contribution is 2.32. The van der Waals surface area contributed by atoms with E-state index < -0.39 is 29.4 Å². The fourth-order valence-electron chi connectivity index (χ4n) is 3.13. The van der Waals surface area contributed by atoms with E-state index in [4.69, 9.17) is 16.3 Å². The number of nitrogens with one attached hydrogen (secondary N) is 1. The second-order valence-corrected chi connectivity index (χ2v) is 8.68. The summed E-state index contributed by atoms with van der Waals surface area (Å²) >= 11 is 6.89. The second kappa shape index (κ2) is 10.5. The van der Waals surface area contributed by atoms with Crippen LogP contribution in [0.15, 0.2) is 77.7 Å². The number of carbonyl (C=O) groups excluding carboxylic acids is 3. The predicted molar refractivity (Wildman–Crippen MR) is 130 cm³/mol. The van der Waals surface area contributed by atoms with E-state index in [0.29, 0.717) is 22.9 Å². The van der Waals surface area contributed by atoms with Crippen molar-refractivity contribution in [3.05, 3.63) is 99.7 Å². The third-order valence-corrected chi connectivity index (χ3v) is 6.09. The molecule has 1 heterocycles. The Kier molecular flexibility index (Phi) is 7.30. The Bertz CT molecular complexity index is 1280. The summed E-state index contributed by atoms with van der Waals surface area (Å²) in [5.41, 5.74) is 1.80. The van der Waals surface area contributed by atoms with E-state index in [1.807, 2.05) is 18.2 Å². The second-order valence-electron chi connectivity index (χ2n) is 7.28. The first-order valence-corrected chi connectivity index (χ1v) is 11.4. The van der Waals surface area contributed by atoms with Crippen molar-refractivity contribution < 1.29 is 23.5 Å². The van der Waals surface area contributed by atoms with Gasteiger partial charge in [0, 0.05) is 16.3 Å². The van der Waals surface area contributed by atoms with Gasteiger partial charge >= 0.3 is 0 Å². The van der Waals surface area contributed by atoms with Crippen LogP contribution in [0.1, 0.15) is 11.1 Å². The van der Waals surface area contributed by atoms with Gasteiger partial charge in [0.1, 0.15) is 24.7 Å². The molecule has 4 rings (SSSR count). The van der Waals surface area contributed by atoms with Gasteiger partial charge in [-0.2, -0.15) is 0 Å². The number of imide groups is 1. The zero-order valence-electron chi connectivity index (χ0n) is 17.7. The molecule has 3 amide bonds. The van der Waals surface area contributed by atoms with E-state index in [9.17, 15) is 18.8 Å². The number of benzene rings is 3. The van der Waals surface area contributed by atoms with Gasteiger partial charge in [-0.3, -0.25) is 19.3 Å². The molecule has 0 atom stereocenters. The van der Waals surface area contributed by atoms with Crippen LogP contribution in [0.2, 0.25) is 5.02 Å². The molecule has 9 heteroatoms. The smallest absolute Gasteiger partial charge is 0.294 e. The molecule has 1 N–H and O–H groups in total. The summed E-state index contributed by atoms with van der Waals surface area (Å²) in [5.74, 6) is -1.05. The van der Waals surface area contributed by atoms with Crippen LogP contribution in [0, 0.1) is 5.82 Å². The van der Waals surface area contributed by atoms with E-state index in [0.717, 1.165) is 28.3 Å². The lowest BCUT2D eigenvalue weighted by Crippen LogP contribution is -2.36. The maximum Gasteiger partial charge on any atom is 0.294 e. The van der Waals surface area contributed by atoms with E-state index in [2.05, 4.69) is 5.32 Å². The number of amides is 3. The van der Waals surface area contributed by atoms with Gasteiger partial charge in [0.05, 0.1) is 4.91 Å². The molecule has 1 aliphatic rings. The minimum absolute atomic E-state index is 0.202. The number of anilines is 1. The Hall–Kier alpha value is -3.62. The molecule has 0 aliphatic carbocycles. The highest BCUT2D eigenvalue weighted by molar-refractivity contribution is 8.18. The Morgan fingerprint density at radius 1 is 1.06 bits per heavy atom. The summed E-state index contributed by atoms with van der Waals surface area (Å²) in [4.78, 5) is 38.2. The SMILES string of the molecule is O=C(CN1C(=O)S/C(=C/c2ccc(OCc3ccccc3Cl)cc2)C1=O)Nc1cccc(F)c1. The number of nitrogens with zero attached hydrogens (tertiary/aromatic N) is 1. The quantitative estimate of drug-likeness (QED) is 0.422. The van der Waals surface area contributed by atoms with Crippen molar-refractivity contribution in [2.45, 2.75) is 6.61 Å². The molecular weight excluding hydrogens is 479 g/mol. The van der Waals surface area contributed by atoms with Gasteiger partial charge in [0.15, 0.2) is 0 Å². The maximum atomic E-state index is 13.3. The fraction of sp³-hybridized carbons (Fsp3) is 0.0800. The van der Waals surface area contributed by atoms with Crippen LogP contribution >= 0.6 is 23.4 Å². The molecule has 6 nitrogen and oxygen atoms in total. The van der Waals surface area contributed by atoms with Crippen LogP contribution < -0.4 is 10.1 Å². The standard InChI is InChI=1S/C25H18ClFN2O4S/c26-21-7-2-1-4-17(21)15-33-20-10-8-16(9-11-20)12-22-24(31)29(25(32)34-22)14-23(30)28-19-6-3-5-18(27)13-19/h1-13H,14-15H2,(H,28,30)/b22-12+. The first kappa shape index (κ1) is 23.5. The molecule has 1 fully saturated rings. The molecule has 0 bridgehead atoms. The molecule has 172 valence electrons. The summed E-state index contributed by atoms with van der Waals surface area (Å²) < 4.78 is 19.0. The van der Waals surface area contributed by atoms with Crippen molar-refractivity contribution in [1.29, 1.82) is 0 Å². The van der Waals surface area contributed by atoms with Crippen molar-refractivity contribution >= 4 is 52.2 Å². The summed E-state index contributed by atoms with van der Waals surface area (Å²) in [6.45, 7) is -0.150. The summed E-state index contributed by atoms with van der Waals surface area (Å²) in [5, 5.41) is 2.55. The Morgan fingerprint density at radius 2 is 1.82 bits per heavy atom. The number of hydrogen-bond donors (Lipinski definition) is 1. The molecule has 0 aromatic heterocycles. The molecule has 34 heavy (non-hydrogen) atoms. The van der Waals surface area contributed by atoms with Crippen molar-refractivity contribution in [2.24, 2.45) is 0 Å². The lowest BCUT2D eigenvalue weighted by atomic mass is 10.2. The van der Waals surface area contributed by atoms with Gasteiger partial charge < -0.3 is 10.1 Å². The number of ether oxygens (including phenoxy) is 1. The van der Waals surface area contributed by atoms with Crippen LogP contribution in [0.3, 0.4) is 0 Å². The Morgan fingerprint density at radius 3 is 2.56 bits per heavy atom. The van der Waals surface area contributed by atoms with Crippen LogP contribution in [-0.2, 0) is 16.2 Å². The number of thioether (sulfide) groups is 1. The van der Waals surface area contributed by atoms with Gasteiger partial charge in [-0.25, -0.2) is 4.39 Å². The minimum atomic E-state index is -0.603. The normalized spacial score (nSPS) is 14.5. The molecule has 0 unspecified atom stereocenters. The lowest BCUT2D eigenvalue weighted by Gasteiger charge is -2.12. The molecule has 1 aliphatic heterocycles. The minimum Gasteiger partial charge on any atom is -0.489 e. The first-order valence-electron chi connectivity index (χ1n) is 10.2. The van der Waals surface area contributed by atoms with Gasteiger partial charge in [-0.05, 0) is 59.8 Å². The van der Waals surface area contributed by atoms with E-state index in [1.54, 1.807) is 36.4 Å². The first-order chi connectivity index (χ1) is 16.4. The highest BCUT2D eigenvalue weighted by atomic mass is 35.5. The van der Waals surface area contributed by atoms with Gasteiger partial charge in [-0.1, -0.05) is 48.0 Å². The van der Waals surface area contributed by atoms with Gasteiger partial charge in [0.25, 0.3) is 11.1 Å². The molecule has 3 aromatic rings. The average Bonchev–Trinajstić information content (AvgIpc) is 3.07. The van der Waals surface area contributed by atoms with Gasteiger partial charge in [0.2, 0.25) is 5.91 Å². The molecule has 0 spiro atoms. The molecule has 3 aromatic carbocycles. The van der Waals surface area contributed by atoms with E-state index in [1.165, 1.54) is 18.2 Å². The molecule has 0 radical (unpaired) electrons. The number of rotatable bonds is 7. The van der Waals surface area contributed by atoms with Crippen LogP contribution in [0.25, 0.3) is 6.08 Å². The van der Waals surface area contributed by atoms with Gasteiger partial charge in [-0.15, -0.1) is 0 Å². The zero-order chi connectivity index (χ0) is 24.1. The monoisotopic (exact) mass is 496 g/mol. The largest absolute Gasteiger partial charge is 0.489 e. The zero-order valence-corrected chi connectivity index (χ0v) is 19.2. The fourth-order valence-corrected chi connectivity index (χ4v) is 4.16. The molecular formula is C25H18ClFN2O4S. The van der Waals surface area contributed by atoms with Crippen molar-refractivity contribution in [3.63, 3.8) is 0 Å². The topological polar surface area (TPSA) is 75.7 Å². The number of hydrogen-bond acceptors (Lipinski definition) is 5. The predicted octanol–water partition coefficient (Wildman–Crippen LogP) is 5.73. The number of halogens is 2. The third-order valence-electron chi connectivity index (χ3n) is 4.81. The van der Waals surface area contributed by atoms with Crippen LogP contribution in [-0.4, -0.2) is 28.5 Å². The van der Waals surface area contributed by atoms with Crippen LogP contribution in [0.5, 0.6) is 5.75 Å². The Labute approximate surface area is 204 Å². The summed E-state index contributed by atoms with van der Waals surface area (Å²) in [7, 11) is 0. The highest BCUT2D eigenvalue weighted by Gasteiger charge is 2.36. The van der Waals surface area contributed by atoms with Crippen molar-refractivity contribution in [1.82, 2.24) is 4.90 Å².